The first kappa shape index (κ1) is 16.8. The number of rotatable bonds is 6. The van der Waals surface area contributed by atoms with Crippen LogP contribution < -0.4 is 4.74 Å². The Morgan fingerprint density at radius 3 is 2.56 bits per heavy atom. The van der Waals surface area contributed by atoms with E-state index < -0.39 is 0 Å². The standard InChI is InChI=1S/C20H22N4O/c1-23(2)22-20(24-14-13-21-16-24)18-10-6-7-11-19(18)25-15-12-17-8-4-3-5-9-17/h3-11,13-14,16H,12,15H2,1-2H3. The zero-order valence-electron chi connectivity index (χ0n) is 14.5. The highest BCUT2D eigenvalue weighted by Crippen LogP contribution is 2.20. The Morgan fingerprint density at radius 1 is 1.08 bits per heavy atom. The molecule has 0 unspecified atom stereocenters. The number of hydrazone groups is 1. The van der Waals surface area contributed by atoms with E-state index in [0.717, 1.165) is 23.6 Å². The van der Waals surface area contributed by atoms with Gasteiger partial charge in [0.1, 0.15) is 12.1 Å². The van der Waals surface area contributed by atoms with Crippen LogP contribution in [0.3, 0.4) is 0 Å². The van der Waals surface area contributed by atoms with E-state index in [1.54, 1.807) is 17.5 Å². The zero-order valence-corrected chi connectivity index (χ0v) is 14.5. The van der Waals surface area contributed by atoms with E-state index in [9.17, 15) is 0 Å². The summed E-state index contributed by atoms with van der Waals surface area (Å²) in [5, 5.41) is 6.38. The number of aromatic nitrogens is 2. The minimum atomic E-state index is 0.611. The van der Waals surface area contributed by atoms with Crippen LogP contribution in [-0.2, 0) is 6.42 Å². The molecule has 0 aliphatic heterocycles. The first-order chi connectivity index (χ1) is 12.2. The van der Waals surface area contributed by atoms with Gasteiger partial charge in [-0.25, -0.2) is 4.98 Å². The Kier molecular flexibility index (Phi) is 5.46. The van der Waals surface area contributed by atoms with Crippen molar-refractivity contribution in [1.82, 2.24) is 14.6 Å². The normalized spacial score (nSPS) is 11.4. The van der Waals surface area contributed by atoms with Crippen molar-refractivity contribution in [3.05, 3.63) is 84.4 Å². The lowest BCUT2D eigenvalue weighted by atomic mass is 10.1. The molecule has 0 amide bonds. The van der Waals surface area contributed by atoms with Gasteiger partial charge in [-0.15, -0.1) is 0 Å². The molecule has 0 N–H and O–H groups in total. The van der Waals surface area contributed by atoms with Crippen molar-refractivity contribution in [1.29, 1.82) is 0 Å². The smallest absolute Gasteiger partial charge is 0.168 e. The third-order valence-electron chi connectivity index (χ3n) is 3.66. The predicted octanol–water partition coefficient (Wildman–Crippen LogP) is 3.28. The van der Waals surface area contributed by atoms with Gasteiger partial charge < -0.3 is 9.75 Å². The summed E-state index contributed by atoms with van der Waals surface area (Å²) in [4.78, 5) is 4.13. The maximum atomic E-state index is 6.07. The van der Waals surface area contributed by atoms with E-state index in [-0.39, 0.29) is 0 Å². The molecule has 1 heterocycles. The Hall–Kier alpha value is -3.08. The molecule has 0 aliphatic rings. The van der Waals surface area contributed by atoms with E-state index >= 15 is 0 Å². The van der Waals surface area contributed by atoms with Gasteiger partial charge in [-0.2, -0.15) is 5.10 Å². The maximum absolute atomic E-state index is 6.07. The highest BCUT2D eigenvalue weighted by atomic mass is 16.5. The number of imidazole rings is 1. The molecule has 0 bridgehead atoms. The van der Waals surface area contributed by atoms with Crippen LogP contribution in [0, 0.1) is 0 Å². The summed E-state index contributed by atoms with van der Waals surface area (Å²) in [7, 11) is 3.80. The van der Waals surface area contributed by atoms with Crippen LogP contribution in [0.1, 0.15) is 11.1 Å². The Balaban J connectivity index is 1.82. The predicted molar refractivity (Wildman–Crippen MR) is 99.9 cm³/mol. The maximum Gasteiger partial charge on any atom is 0.168 e. The van der Waals surface area contributed by atoms with E-state index in [1.165, 1.54) is 5.56 Å². The molecule has 25 heavy (non-hydrogen) atoms. The number of hydrogen-bond donors (Lipinski definition) is 0. The first-order valence-electron chi connectivity index (χ1n) is 8.24. The minimum absolute atomic E-state index is 0.611. The summed E-state index contributed by atoms with van der Waals surface area (Å²) >= 11 is 0. The molecule has 2 aromatic carbocycles. The van der Waals surface area contributed by atoms with Crippen molar-refractivity contribution < 1.29 is 4.74 Å². The summed E-state index contributed by atoms with van der Waals surface area (Å²) in [6.45, 7) is 0.611. The quantitative estimate of drug-likeness (QED) is 0.395. The van der Waals surface area contributed by atoms with Gasteiger partial charge in [-0.05, 0) is 17.7 Å². The SMILES string of the molecule is CN(C)N=C(c1ccccc1OCCc1ccccc1)n1ccnc1. The molecule has 128 valence electrons. The highest BCUT2D eigenvalue weighted by Gasteiger charge is 2.13. The molecule has 5 nitrogen and oxygen atoms in total. The molecule has 0 fully saturated rings. The summed E-state index contributed by atoms with van der Waals surface area (Å²) in [5.41, 5.74) is 2.19. The largest absolute Gasteiger partial charge is 0.492 e. The fraction of sp³-hybridized carbons (Fsp3) is 0.200. The van der Waals surface area contributed by atoms with Crippen LogP contribution in [0.15, 0.2) is 78.4 Å². The average Bonchev–Trinajstić information content (AvgIpc) is 3.15. The molecule has 0 aliphatic carbocycles. The second kappa shape index (κ2) is 8.15. The number of ether oxygens (including phenoxy) is 1. The van der Waals surface area contributed by atoms with Crippen molar-refractivity contribution >= 4 is 5.84 Å². The van der Waals surface area contributed by atoms with Gasteiger partial charge in [-0.1, -0.05) is 42.5 Å². The summed E-state index contributed by atoms with van der Waals surface area (Å²) in [5.74, 6) is 1.59. The fourth-order valence-electron chi connectivity index (χ4n) is 2.52. The van der Waals surface area contributed by atoms with Crippen molar-refractivity contribution in [2.45, 2.75) is 6.42 Å². The molecule has 0 spiro atoms. The summed E-state index contributed by atoms with van der Waals surface area (Å²) < 4.78 is 7.96. The van der Waals surface area contributed by atoms with Gasteiger partial charge in [0, 0.05) is 32.9 Å². The number of nitrogens with zero attached hydrogens (tertiary/aromatic N) is 4. The number of para-hydroxylation sites is 1. The summed E-state index contributed by atoms with van der Waals surface area (Å²) in [6, 6.07) is 18.3. The minimum Gasteiger partial charge on any atom is -0.492 e. The molecule has 3 aromatic rings. The second-order valence-corrected chi connectivity index (χ2v) is 5.82. The Morgan fingerprint density at radius 2 is 1.84 bits per heavy atom. The van der Waals surface area contributed by atoms with Gasteiger partial charge in [0.25, 0.3) is 0 Å². The van der Waals surface area contributed by atoms with Crippen LogP contribution in [0.25, 0.3) is 0 Å². The van der Waals surface area contributed by atoms with Gasteiger partial charge >= 0.3 is 0 Å². The van der Waals surface area contributed by atoms with Crippen LogP contribution in [-0.4, -0.2) is 41.1 Å². The molecular weight excluding hydrogens is 312 g/mol. The van der Waals surface area contributed by atoms with E-state index in [4.69, 9.17) is 4.74 Å². The van der Waals surface area contributed by atoms with Gasteiger partial charge in [-0.3, -0.25) is 4.57 Å². The van der Waals surface area contributed by atoms with Gasteiger partial charge in [0.2, 0.25) is 0 Å². The molecule has 0 atom stereocenters. The van der Waals surface area contributed by atoms with Crippen molar-refractivity contribution in [3.8, 4) is 5.75 Å². The van der Waals surface area contributed by atoms with Crippen LogP contribution in [0.5, 0.6) is 5.75 Å². The average molecular weight is 334 g/mol. The Bertz CT molecular complexity index is 811. The molecular formula is C20H22N4O. The lowest BCUT2D eigenvalue weighted by Gasteiger charge is -2.16. The topological polar surface area (TPSA) is 42.6 Å². The second-order valence-electron chi connectivity index (χ2n) is 5.82. The lowest BCUT2D eigenvalue weighted by molar-refractivity contribution is 0.321. The molecule has 3 rings (SSSR count). The molecule has 0 saturated carbocycles. The molecule has 0 saturated heterocycles. The molecule has 5 heteroatoms. The third-order valence-corrected chi connectivity index (χ3v) is 3.66. The van der Waals surface area contributed by atoms with Crippen LogP contribution in [0.4, 0.5) is 0 Å². The zero-order chi connectivity index (χ0) is 17.5. The molecule has 0 radical (unpaired) electrons. The first-order valence-corrected chi connectivity index (χ1v) is 8.24. The van der Waals surface area contributed by atoms with Gasteiger partial charge in [0.15, 0.2) is 5.84 Å². The van der Waals surface area contributed by atoms with E-state index in [0.29, 0.717) is 6.61 Å². The Labute approximate surface area is 148 Å². The number of hydrogen-bond acceptors (Lipinski definition) is 4. The monoisotopic (exact) mass is 334 g/mol. The fourth-order valence-corrected chi connectivity index (χ4v) is 2.52. The van der Waals surface area contributed by atoms with Crippen molar-refractivity contribution in [3.63, 3.8) is 0 Å². The summed E-state index contributed by atoms with van der Waals surface area (Å²) in [6.07, 6.45) is 6.22. The highest BCUT2D eigenvalue weighted by molar-refractivity contribution is 6.02. The van der Waals surface area contributed by atoms with Crippen LogP contribution in [0.2, 0.25) is 0 Å². The van der Waals surface area contributed by atoms with Crippen LogP contribution >= 0.6 is 0 Å². The van der Waals surface area contributed by atoms with Crippen molar-refractivity contribution in [2.75, 3.05) is 20.7 Å². The third kappa shape index (κ3) is 4.47. The number of benzene rings is 2. The van der Waals surface area contributed by atoms with E-state index in [1.807, 2.05) is 67.3 Å². The van der Waals surface area contributed by atoms with E-state index in [2.05, 4.69) is 22.2 Å². The van der Waals surface area contributed by atoms with Crippen molar-refractivity contribution in [2.24, 2.45) is 5.10 Å². The lowest BCUT2D eigenvalue weighted by Crippen LogP contribution is -2.18. The molecule has 1 aromatic heterocycles. The van der Waals surface area contributed by atoms with Gasteiger partial charge in [0.05, 0.1) is 12.2 Å².